The van der Waals surface area contributed by atoms with Gasteiger partial charge in [0.1, 0.15) is 6.54 Å². The summed E-state index contributed by atoms with van der Waals surface area (Å²) in [5.41, 5.74) is 1.65. The van der Waals surface area contributed by atoms with E-state index in [4.69, 9.17) is 0 Å². The molecule has 0 spiro atoms. The molecule has 0 saturated carbocycles. The monoisotopic (exact) mass is 398 g/mol. The number of amides is 1. The van der Waals surface area contributed by atoms with Gasteiger partial charge in [0.05, 0.1) is 5.69 Å². The van der Waals surface area contributed by atoms with Gasteiger partial charge in [0, 0.05) is 16.5 Å². The van der Waals surface area contributed by atoms with Gasteiger partial charge in [0.15, 0.2) is 16.8 Å². The van der Waals surface area contributed by atoms with Crippen molar-refractivity contribution >= 4 is 22.4 Å². The second kappa shape index (κ2) is 7.61. The van der Waals surface area contributed by atoms with Gasteiger partial charge in [-0.2, -0.15) is 4.80 Å². The fourth-order valence-electron chi connectivity index (χ4n) is 2.42. The topological polar surface area (TPSA) is 85.6 Å². The minimum absolute atomic E-state index is 0.139. The van der Waals surface area contributed by atoms with Crippen molar-refractivity contribution in [2.24, 2.45) is 0 Å². The van der Waals surface area contributed by atoms with Crippen LogP contribution in [0.5, 0.6) is 0 Å². The molecule has 1 N–H and O–H groups in total. The van der Waals surface area contributed by atoms with E-state index >= 15 is 0 Å². The summed E-state index contributed by atoms with van der Waals surface area (Å²) in [4.78, 5) is 17.6. The molecule has 2 aromatic heterocycles. The number of carbonyl (C=O) groups is 1. The van der Waals surface area contributed by atoms with Gasteiger partial charge in [-0.1, -0.05) is 30.3 Å². The van der Waals surface area contributed by atoms with Crippen LogP contribution >= 0.6 is 11.3 Å². The summed E-state index contributed by atoms with van der Waals surface area (Å²) < 4.78 is 26.4. The lowest BCUT2D eigenvalue weighted by Crippen LogP contribution is -2.20. The Morgan fingerprint density at radius 2 is 1.89 bits per heavy atom. The summed E-state index contributed by atoms with van der Waals surface area (Å²) in [7, 11) is 0. The number of benzene rings is 2. The number of carbonyl (C=O) groups excluding carboxylic acids is 1. The molecule has 0 saturated heterocycles. The van der Waals surface area contributed by atoms with Crippen molar-refractivity contribution in [1.82, 2.24) is 25.2 Å². The summed E-state index contributed by atoms with van der Waals surface area (Å²) in [5, 5.41) is 16.6. The summed E-state index contributed by atoms with van der Waals surface area (Å²) in [6.45, 7) is -0.139. The lowest BCUT2D eigenvalue weighted by Gasteiger charge is -2.00. The van der Waals surface area contributed by atoms with Crippen LogP contribution in [0.4, 0.5) is 13.9 Å². The molecule has 0 aliphatic rings. The van der Waals surface area contributed by atoms with Crippen LogP contribution in [-0.2, 0) is 11.3 Å². The number of hydrogen-bond acceptors (Lipinski definition) is 6. The molecule has 7 nitrogen and oxygen atoms in total. The van der Waals surface area contributed by atoms with E-state index in [2.05, 4.69) is 25.7 Å². The molecule has 4 rings (SSSR count). The van der Waals surface area contributed by atoms with Crippen molar-refractivity contribution < 1.29 is 13.6 Å². The highest BCUT2D eigenvalue weighted by Gasteiger charge is 2.12. The molecule has 1 amide bonds. The predicted octanol–water partition coefficient (Wildman–Crippen LogP) is 3.38. The highest BCUT2D eigenvalue weighted by atomic mass is 32.1. The van der Waals surface area contributed by atoms with E-state index < -0.39 is 11.6 Å². The number of halogens is 2. The Kier molecular flexibility index (Phi) is 4.85. The third kappa shape index (κ3) is 3.91. The first-order valence-corrected chi connectivity index (χ1v) is 9.00. The standard InChI is InChI=1S/C18H12F2N6OS/c19-13-7-6-12(8-14(13)20)15-10-28-18(21-15)22-16(27)9-26-24-17(23-25-26)11-4-2-1-3-5-11/h1-8,10H,9H2,(H,21,22,27). The number of nitrogens with zero attached hydrogens (tertiary/aromatic N) is 5. The average molecular weight is 398 g/mol. The van der Waals surface area contributed by atoms with Crippen LogP contribution < -0.4 is 5.32 Å². The van der Waals surface area contributed by atoms with Crippen molar-refractivity contribution in [3.05, 3.63) is 65.5 Å². The molecule has 4 aromatic rings. The Labute approximate surface area is 161 Å². The van der Waals surface area contributed by atoms with E-state index in [0.29, 0.717) is 22.2 Å². The number of nitrogens with one attached hydrogen (secondary N) is 1. The Morgan fingerprint density at radius 1 is 1.07 bits per heavy atom. The Hall–Kier alpha value is -3.53. The van der Waals surface area contributed by atoms with Gasteiger partial charge in [-0.15, -0.1) is 21.5 Å². The molecule has 28 heavy (non-hydrogen) atoms. The zero-order chi connectivity index (χ0) is 19.5. The predicted molar refractivity (Wildman–Crippen MR) is 99.3 cm³/mol. The average Bonchev–Trinajstić information content (AvgIpc) is 3.34. The van der Waals surface area contributed by atoms with Crippen LogP contribution in [0.25, 0.3) is 22.6 Å². The minimum Gasteiger partial charge on any atom is -0.300 e. The van der Waals surface area contributed by atoms with Crippen LogP contribution in [0.2, 0.25) is 0 Å². The molecular weight excluding hydrogens is 386 g/mol. The van der Waals surface area contributed by atoms with Crippen LogP contribution in [0.15, 0.2) is 53.9 Å². The molecule has 140 valence electrons. The molecule has 0 atom stereocenters. The molecule has 0 radical (unpaired) electrons. The molecule has 10 heteroatoms. The first-order chi connectivity index (χ1) is 13.6. The summed E-state index contributed by atoms with van der Waals surface area (Å²) in [6, 6.07) is 12.8. The van der Waals surface area contributed by atoms with E-state index in [-0.39, 0.29) is 12.5 Å². The van der Waals surface area contributed by atoms with E-state index in [0.717, 1.165) is 17.7 Å². The second-order valence-corrected chi connectivity index (χ2v) is 6.58. The maximum absolute atomic E-state index is 13.4. The molecular formula is C18H12F2N6OS. The smallest absolute Gasteiger partial charge is 0.249 e. The highest BCUT2D eigenvalue weighted by Crippen LogP contribution is 2.26. The Morgan fingerprint density at radius 3 is 2.68 bits per heavy atom. The molecule has 2 heterocycles. The van der Waals surface area contributed by atoms with Gasteiger partial charge in [-0.25, -0.2) is 13.8 Å². The van der Waals surface area contributed by atoms with Crippen LogP contribution in [-0.4, -0.2) is 31.1 Å². The third-order valence-corrected chi connectivity index (χ3v) is 4.49. The van der Waals surface area contributed by atoms with Crippen molar-refractivity contribution in [3.63, 3.8) is 0 Å². The van der Waals surface area contributed by atoms with Gasteiger partial charge in [0.2, 0.25) is 11.7 Å². The highest BCUT2D eigenvalue weighted by molar-refractivity contribution is 7.14. The minimum atomic E-state index is -0.956. The van der Waals surface area contributed by atoms with Crippen LogP contribution in [0.1, 0.15) is 0 Å². The molecule has 0 fully saturated rings. The fraction of sp³-hybridized carbons (Fsp3) is 0.0556. The SMILES string of the molecule is O=C(Cn1nnc(-c2ccccc2)n1)Nc1nc(-c2ccc(F)c(F)c2)cs1. The summed E-state index contributed by atoms with van der Waals surface area (Å²) >= 11 is 1.17. The normalized spacial score (nSPS) is 10.8. The first kappa shape index (κ1) is 17.9. The summed E-state index contributed by atoms with van der Waals surface area (Å²) in [6.07, 6.45) is 0. The maximum Gasteiger partial charge on any atom is 0.249 e. The van der Waals surface area contributed by atoms with Gasteiger partial charge >= 0.3 is 0 Å². The zero-order valence-electron chi connectivity index (χ0n) is 14.2. The number of tetrazole rings is 1. The zero-order valence-corrected chi connectivity index (χ0v) is 15.0. The van der Waals surface area contributed by atoms with Crippen LogP contribution in [0.3, 0.4) is 0 Å². The number of hydrogen-bond donors (Lipinski definition) is 1. The lowest BCUT2D eigenvalue weighted by atomic mass is 10.2. The summed E-state index contributed by atoms with van der Waals surface area (Å²) in [5.74, 6) is -1.85. The molecule has 0 aliphatic carbocycles. The van der Waals surface area contributed by atoms with E-state index in [1.807, 2.05) is 30.3 Å². The second-order valence-electron chi connectivity index (χ2n) is 5.72. The molecule has 0 unspecified atom stereocenters. The molecule has 0 bridgehead atoms. The number of aromatic nitrogens is 5. The molecule has 0 aliphatic heterocycles. The number of thiazole rings is 1. The van der Waals surface area contributed by atoms with E-state index in [9.17, 15) is 13.6 Å². The Balaban J connectivity index is 1.41. The number of rotatable bonds is 5. The van der Waals surface area contributed by atoms with Crippen molar-refractivity contribution in [3.8, 4) is 22.6 Å². The number of anilines is 1. The van der Waals surface area contributed by atoms with Gasteiger partial charge in [-0.05, 0) is 23.4 Å². The van der Waals surface area contributed by atoms with Crippen LogP contribution in [0, 0.1) is 11.6 Å². The first-order valence-electron chi connectivity index (χ1n) is 8.12. The lowest BCUT2D eigenvalue weighted by molar-refractivity contribution is -0.117. The Bertz CT molecular complexity index is 1130. The van der Waals surface area contributed by atoms with Crippen molar-refractivity contribution in [2.75, 3.05) is 5.32 Å². The van der Waals surface area contributed by atoms with Gasteiger partial charge < -0.3 is 5.32 Å². The third-order valence-electron chi connectivity index (χ3n) is 3.74. The van der Waals surface area contributed by atoms with Gasteiger partial charge in [-0.3, -0.25) is 4.79 Å². The van der Waals surface area contributed by atoms with E-state index in [1.165, 1.54) is 22.2 Å². The largest absolute Gasteiger partial charge is 0.300 e. The molecule has 2 aromatic carbocycles. The van der Waals surface area contributed by atoms with E-state index in [1.54, 1.807) is 5.38 Å². The van der Waals surface area contributed by atoms with Crippen molar-refractivity contribution in [1.29, 1.82) is 0 Å². The maximum atomic E-state index is 13.4. The quantitative estimate of drug-likeness (QED) is 0.557. The van der Waals surface area contributed by atoms with Gasteiger partial charge in [0.25, 0.3) is 0 Å². The fourth-order valence-corrected chi connectivity index (χ4v) is 3.16. The van der Waals surface area contributed by atoms with Crippen molar-refractivity contribution in [2.45, 2.75) is 6.54 Å².